The molecule has 0 heterocycles. The third kappa shape index (κ3) is 40.7. The van der Waals surface area contributed by atoms with Crippen molar-refractivity contribution in [3.63, 3.8) is 0 Å². The van der Waals surface area contributed by atoms with Gasteiger partial charge in [-0.25, -0.2) is 4.57 Å². The van der Waals surface area contributed by atoms with Gasteiger partial charge in [-0.2, -0.15) is 0 Å². The zero-order chi connectivity index (χ0) is 38.1. The molecule has 0 aliphatic carbocycles. The molecule has 312 valence electrons. The van der Waals surface area contributed by atoms with Crippen LogP contribution in [0, 0.1) is 0 Å². The molecule has 0 radical (unpaired) electrons. The molecule has 0 aromatic heterocycles. The largest absolute Gasteiger partial charge is 0.472 e. The molecule has 0 rings (SSSR count). The molecule has 9 heteroatoms. The van der Waals surface area contributed by atoms with Crippen molar-refractivity contribution in [3.05, 3.63) is 0 Å². The number of hydrogen-bond donors (Lipinski definition) is 2. The first kappa shape index (κ1) is 51.5. The number of phosphoric acid groups is 1. The van der Waals surface area contributed by atoms with Crippen LogP contribution in [-0.4, -0.2) is 49.9 Å². The molecule has 0 aliphatic heterocycles. The van der Waals surface area contributed by atoms with Crippen molar-refractivity contribution in [2.45, 2.75) is 238 Å². The average Bonchev–Trinajstić information content (AvgIpc) is 3.13. The Kier molecular flexibility index (Phi) is 41.3. The van der Waals surface area contributed by atoms with Gasteiger partial charge in [-0.05, 0) is 12.8 Å². The molecule has 0 saturated carbocycles. The van der Waals surface area contributed by atoms with Gasteiger partial charge in [-0.15, -0.1) is 0 Å². The van der Waals surface area contributed by atoms with Crippen LogP contribution in [0.2, 0.25) is 0 Å². The summed E-state index contributed by atoms with van der Waals surface area (Å²) in [7, 11) is -4.27. The van der Waals surface area contributed by atoms with E-state index in [0.29, 0.717) is 13.0 Å². The van der Waals surface area contributed by atoms with Gasteiger partial charge in [-0.1, -0.05) is 213 Å². The van der Waals surface area contributed by atoms with Gasteiger partial charge < -0.3 is 20.1 Å². The van der Waals surface area contributed by atoms with Crippen LogP contribution in [0.3, 0.4) is 0 Å². The number of rotatable bonds is 44. The molecule has 0 aliphatic rings. The first-order valence-electron chi connectivity index (χ1n) is 22.5. The Morgan fingerprint density at radius 2 is 0.846 bits per heavy atom. The van der Waals surface area contributed by atoms with E-state index >= 15 is 0 Å². The molecule has 52 heavy (non-hydrogen) atoms. The molecule has 0 aromatic rings. The minimum absolute atomic E-state index is 0.0900. The summed E-state index contributed by atoms with van der Waals surface area (Å²) >= 11 is 0. The van der Waals surface area contributed by atoms with Crippen molar-refractivity contribution in [2.24, 2.45) is 5.73 Å². The molecule has 0 bridgehead atoms. The lowest BCUT2D eigenvalue weighted by Gasteiger charge is -2.20. The monoisotopic (exact) mass is 762 g/mol. The van der Waals surface area contributed by atoms with E-state index in [0.717, 1.165) is 32.1 Å². The highest BCUT2D eigenvalue weighted by molar-refractivity contribution is 7.47. The SMILES string of the molecule is CCCCCCCCCCCCCCCCCCCCC(=O)OC(COCCCCCCCCCCCCCCCCC)COP(=O)(O)OCCN. The number of hydrogen-bond acceptors (Lipinski definition) is 7. The zero-order valence-corrected chi connectivity index (χ0v) is 35.5. The summed E-state index contributed by atoms with van der Waals surface area (Å²) in [5, 5.41) is 0. The first-order valence-corrected chi connectivity index (χ1v) is 24.0. The fraction of sp³-hybridized carbons (Fsp3) is 0.977. The highest BCUT2D eigenvalue weighted by atomic mass is 31.2. The molecule has 0 aromatic carbocycles. The Morgan fingerprint density at radius 1 is 0.500 bits per heavy atom. The second kappa shape index (κ2) is 41.7. The lowest BCUT2D eigenvalue weighted by molar-refractivity contribution is -0.154. The number of phosphoric ester groups is 1. The number of ether oxygens (including phenoxy) is 2. The highest BCUT2D eigenvalue weighted by Gasteiger charge is 2.25. The zero-order valence-electron chi connectivity index (χ0n) is 34.6. The molecular formula is C43H88NO7P. The topological polar surface area (TPSA) is 117 Å². The van der Waals surface area contributed by atoms with E-state index in [1.807, 2.05) is 0 Å². The average molecular weight is 762 g/mol. The van der Waals surface area contributed by atoms with E-state index in [1.54, 1.807) is 0 Å². The summed E-state index contributed by atoms with van der Waals surface area (Å²) < 4.78 is 33.5. The summed E-state index contributed by atoms with van der Waals surface area (Å²) in [4.78, 5) is 22.5. The number of nitrogens with two attached hydrogens (primary N) is 1. The van der Waals surface area contributed by atoms with Crippen molar-refractivity contribution in [1.29, 1.82) is 0 Å². The molecule has 3 N–H and O–H groups in total. The summed E-state index contributed by atoms with van der Waals surface area (Å²) in [5.41, 5.74) is 5.37. The van der Waals surface area contributed by atoms with Gasteiger partial charge in [-0.3, -0.25) is 13.8 Å². The number of unbranched alkanes of at least 4 members (excludes halogenated alkanes) is 31. The van der Waals surface area contributed by atoms with Gasteiger partial charge in [0.05, 0.1) is 19.8 Å². The van der Waals surface area contributed by atoms with Gasteiger partial charge in [0, 0.05) is 19.6 Å². The first-order chi connectivity index (χ1) is 25.4. The molecule has 0 spiro atoms. The van der Waals surface area contributed by atoms with Crippen LogP contribution in [0.15, 0.2) is 0 Å². The van der Waals surface area contributed by atoms with E-state index in [4.69, 9.17) is 24.3 Å². The van der Waals surface area contributed by atoms with E-state index < -0.39 is 13.9 Å². The summed E-state index contributed by atoms with van der Waals surface area (Å²) in [6, 6.07) is 0. The third-order valence-corrected chi connectivity index (χ3v) is 11.0. The van der Waals surface area contributed by atoms with Crippen molar-refractivity contribution < 1.29 is 32.8 Å². The van der Waals surface area contributed by atoms with Crippen LogP contribution in [0.4, 0.5) is 0 Å². The van der Waals surface area contributed by atoms with Gasteiger partial charge >= 0.3 is 13.8 Å². The van der Waals surface area contributed by atoms with Crippen molar-refractivity contribution in [1.82, 2.24) is 0 Å². The van der Waals surface area contributed by atoms with Gasteiger partial charge in [0.1, 0.15) is 6.10 Å². The smallest absolute Gasteiger partial charge is 0.457 e. The number of carbonyl (C=O) groups excluding carboxylic acids is 1. The van der Waals surface area contributed by atoms with Crippen molar-refractivity contribution in [3.8, 4) is 0 Å². The minimum atomic E-state index is -4.27. The normalized spacial score (nSPS) is 13.4. The lowest BCUT2D eigenvalue weighted by atomic mass is 10.0. The molecule has 2 atom stereocenters. The van der Waals surface area contributed by atoms with Crippen LogP contribution < -0.4 is 5.73 Å². The fourth-order valence-electron chi connectivity index (χ4n) is 6.70. The molecule has 0 fully saturated rings. The standard InChI is InChI=1S/C43H88NO7P/c1-3-5-7-9-11-13-15-17-19-20-21-22-24-26-28-30-32-34-36-43(45)51-42(41-50-52(46,47)49-39-37-44)40-48-38-35-33-31-29-27-25-23-18-16-14-12-10-8-6-4-2/h42H,3-41,44H2,1-2H3,(H,46,47). The van der Waals surface area contributed by atoms with Crippen LogP contribution in [-0.2, 0) is 27.9 Å². The Labute approximate surface area is 322 Å². The van der Waals surface area contributed by atoms with Gasteiger partial charge in [0.25, 0.3) is 0 Å². The second-order valence-electron chi connectivity index (χ2n) is 15.3. The quantitative estimate of drug-likeness (QED) is 0.0358. The number of carbonyl (C=O) groups is 1. The van der Waals surface area contributed by atoms with Gasteiger partial charge in [0.15, 0.2) is 0 Å². The van der Waals surface area contributed by atoms with E-state index in [2.05, 4.69) is 13.8 Å². The van der Waals surface area contributed by atoms with Crippen LogP contribution in [0.25, 0.3) is 0 Å². The Hall–Kier alpha value is -0.500. The van der Waals surface area contributed by atoms with Crippen LogP contribution >= 0.6 is 7.82 Å². The predicted octanol–water partition coefficient (Wildman–Crippen LogP) is 13.3. The highest BCUT2D eigenvalue weighted by Crippen LogP contribution is 2.43. The molecular weight excluding hydrogens is 673 g/mol. The lowest BCUT2D eigenvalue weighted by Crippen LogP contribution is -2.28. The third-order valence-electron chi connectivity index (χ3n) is 10.0. The van der Waals surface area contributed by atoms with Crippen LogP contribution in [0.1, 0.15) is 232 Å². The van der Waals surface area contributed by atoms with Gasteiger partial charge in [0.2, 0.25) is 0 Å². The summed E-state index contributed by atoms with van der Waals surface area (Å²) in [6.07, 6.45) is 42.6. The van der Waals surface area contributed by atoms with E-state index in [9.17, 15) is 14.3 Å². The van der Waals surface area contributed by atoms with E-state index in [-0.39, 0.29) is 32.3 Å². The Balaban J connectivity index is 3.95. The summed E-state index contributed by atoms with van der Waals surface area (Å²) in [6.45, 7) is 4.99. The molecule has 8 nitrogen and oxygen atoms in total. The molecule has 0 saturated heterocycles. The van der Waals surface area contributed by atoms with Crippen molar-refractivity contribution >= 4 is 13.8 Å². The van der Waals surface area contributed by atoms with Crippen molar-refractivity contribution in [2.75, 3.05) is 33.0 Å². The van der Waals surface area contributed by atoms with Crippen LogP contribution in [0.5, 0.6) is 0 Å². The maximum Gasteiger partial charge on any atom is 0.472 e. The Bertz CT molecular complexity index is 772. The molecule has 0 amide bonds. The summed E-state index contributed by atoms with van der Waals surface area (Å²) in [5.74, 6) is -0.323. The fourth-order valence-corrected chi connectivity index (χ4v) is 7.47. The maximum atomic E-state index is 12.6. The maximum absolute atomic E-state index is 12.6. The second-order valence-corrected chi connectivity index (χ2v) is 16.7. The van der Waals surface area contributed by atoms with E-state index in [1.165, 1.54) is 180 Å². The predicted molar refractivity (Wildman–Crippen MR) is 220 cm³/mol. The minimum Gasteiger partial charge on any atom is -0.457 e. The number of esters is 1. The Morgan fingerprint density at radius 3 is 1.21 bits per heavy atom. The molecule has 2 unspecified atom stereocenters.